The average Bonchev–Trinajstić information content (AvgIpc) is 2.71. The van der Waals surface area contributed by atoms with Crippen molar-refractivity contribution in [1.82, 2.24) is 14.9 Å². The molecule has 0 spiro atoms. The third-order valence-corrected chi connectivity index (χ3v) is 6.50. The molecule has 0 aliphatic rings. The van der Waals surface area contributed by atoms with E-state index in [1.165, 1.54) is 18.4 Å². The van der Waals surface area contributed by atoms with Gasteiger partial charge in [0.15, 0.2) is 5.96 Å². The van der Waals surface area contributed by atoms with Crippen LogP contribution in [0.5, 0.6) is 5.75 Å². The molecule has 2 aromatic rings. The number of aliphatic imine (C=N–C) groups is 1. The molecule has 0 fully saturated rings. The van der Waals surface area contributed by atoms with E-state index in [0.29, 0.717) is 29.5 Å². The van der Waals surface area contributed by atoms with E-state index in [0.717, 1.165) is 23.3 Å². The lowest BCUT2D eigenvalue weighted by Gasteiger charge is -2.17. The Bertz CT molecular complexity index is 956. The van der Waals surface area contributed by atoms with Crippen LogP contribution >= 0.6 is 0 Å². The van der Waals surface area contributed by atoms with Crippen molar-refractivity contribution in [2.45, 2.75) is 24.8 Å². The first-order chi connectivity index (χ1) is 13.8. The molecular weight excluding hydrogens is 388 g/mol. The molecule has 0 saturated carbocycles. The smallest absolute Gasteiger partial charge is 0.242 e. The predicted octanol–water partition coefficient (Wildman–Crippen LogP) is 2.16. The Morgan fingerprint density at radius 2 is 1.86 bits per heavy atom. The fourth-order valence-corrected chi connectivity index (χ4v) is 3.96. The Labute approximate surface area is 173 Å². The molecule has 0 heterocycles. The van der Waals surface area contributed by atoms with Crippen LogP contribution in [-0.4, -0.2) is 53.5 Å². The van der Waals surface area contributed by atoms with Crippen LogP contribution < -0.4 is 15.4 Å². The molecule has 158 valence electrons. The van der Waals surface area contributed by atoms with Crippen LogP contribution in [0.15, 0.2) is 52.4 Å². The van der Waals surface area contributed by atoms with Gasteiger partial charge in [0.1, 0.15) is 5.75 Å². The van der Waals surface area contributed by atoms with Crippen molar-refractivity contribution >= 4 is 16.0 Å². The van der Waals surface area contributed by atoms with Crippen LogP contribution in [0, 0.1) is 6.92 Å². The number of hydrogen-bond acceptors (Lipinski definition) is 4. The van der Waals surface area contributed by atoms with Crippen molar-refractivity contribution in [1.29, 1.82) is 0 Å². The molecule has 2 aromatic carbocycles. The Hall–Kier alpha value is -2.58. The third-order valence-electron chi connectivity index (χ3n) is 4.58. The Morgan fingerprint density at radius 1 is 1.14 bits per heavy atom. The molecule has 0 aliphatic heterocycles. The summed E-state index contributed by atoms with van der Waals surface area (Å²) in [4.78, 5) is 4.51. The molecule has 0 radical (unpaired) electrons. The average molecular weight is 419 g/mol. The van der Waals surface area contributed by atoms with E-state index in [9.17, 15) is 8.42 Å². The second-order valence-corrected chi connectivity index (χ2v) is 8.92. The first kappa shape index (κ1) is 22.7. The normalized spacial score (nSPS) is 12.1. The van der Waals surface area contributed by atoms with Crippen molar-refractivity contribution in [3.05, 3.63) is 59.2 Å². The number of nitrogens with zero attached hydrogens (tertiary/aromatic N) is 2. The summed E-state index contributed by atoms with van der Waals surface area (Å²) in [6.45, 7) is 3.05. The largest absolute Gasteiger partial charge is 0.496 e. The van der Waals surface area contributed by atoms with Crippen LogP contribution in [-0.2, 0) is 23.0 Å². The quantitative estimate of drug-likeness (QED) is 0.507. The van der Waals surface area contributed by atoms with Gasteiger partial charge in [0.25, 0.3) is 0 Å². The van der Waals surface area contributed by atoms with Crippen LogP contribution in [0.2, 0.25) is 0 Å². The number of aryl methyl sites for hydroxylation is 1. The third kappa shape index (κ3) is 5.95. The van der Waals surface area contributed by atoms with Gasteiger partial charge in [-0.05, 0) is 42.2 Å². The van der Waals surface area contributed by atoms with Crippen LogP contribution in [0.3, 0.4) is 0 Å². The van der Waals surface area contributed by atoms with Crippen molar-refractivity contribution in [3.63, 3.8) is 0 Å². The van der Waals surface area contributed by atoms with Crippen LogP contribution in [0.25, 0.3) is 0 Å². The highest BCUT2D eigenvalue weighted by Crippen LogP contribution is 2.19. The molecule has 2 N–H and O–H groups in total. The maximum atomic E-state index is 12.5. The summed E-state index contributed by atoms with van der Waals surface area (Å²) in [7, 11) is 2.91. The summed E-state index contributed by atoms with van der Waals surface area (Å²) in [5, 5.41) is 6.45. The van der Waals surface area contributed by atoms with E-state index in [2.05, 4.69) is 21.7 Å². The Kier molecular flexibility index (Phi) is 8.04. The van der Waals surface area contributed by atoms with Gasteiger partial charge in [-0.1, -0.05) is 30.3 Å². The lowest BCUT2D eigenvalue weighted by molar-refractivity contribution is 0.411. The SMILES string of the molecule is CN=C(NCCc1ccc(C)c(OC)c1)NCc1ccccc1S(=O)(=O)N(C)C. The highest BCUT2D eigenvalue weighted by atomic mass is 32.2. The molecule has 0 saturated heterocycles. The summed E-state index contributed by atoms with van der Waals surface area (Å²) in [6, 6.07) is 13.1. The number of sulfonamides is 1. The molecule has 0 aliphatic carbocycles. The predicted molar refractivity (Wildman–Crippen MR) is 117 cm³/mol. The zero-order valence-electron chi connectivity index (χ0n) is 17.7. The fourth-order valence-electron chi connectivity index (χ4n) is 2.84. The molecule has 8 heteroatoms. The topological polar surface area (TPSA) is 83.0 Å². The minimum atomic E-state index is -3.50. The summed E-state index contributed by atoms with van der Waals surface area (Å²) >= 11 is 0. The number of ether oxygens (including phenoxy) is 1. The van der Waals surface area contributed by atoms with E-state index in [4.69, 9.17) is 4.74 Å². The van der Waals surface area contributed by atoms with Gasteiger partial charge in [-0.15, -0.1) is 0 Å². The van der Waals surface area contributed by atoms with E-state index >= 15 is 0 Å². The number of guanidine groups is 1. The first-order valence-electron chi connectivity index (χ1n) is 9.38. The summed E-state index contributed by atoms with van der Waals surface area (Å²) in [6.07, 6.45) is 0.808. The molecular formula is C21H30N4O3S. The fraction of sp³-hybridized carbons (Fsp3) is 0.381. The minimum absolute atomic E-state index is 0.291. The monoisotopic (exact) mass is 418 g/mol. The van der Waals surface area contributed by atoms with Gasteiger partial charge in [-0.3, -0.25) is 4.99 Å². The number of rotatable bonds is 8. The molecule has 7 nitrogen and oxygen atoms in total. The number of hydrogen-bond donors (Lipinski definition) is 2. The van der Waals surface area contributed by atoms with Crippen LogP contribution in [0.4, 0.5) is 0 Å². The molecule has 0 unspecified atom stereocenters. The van der Waals surface area contributed by atoms with Crippen LogP contribution in [0.1, 0.15) is 16.7 Å². The van der Waals surface area contributed by atoms with Gasteiger partial charge >= 0.3 is 0 Å². The zero-order valence-corrected chi connectivity index (χ0v) is 18.5. The number of nitrogens with one attached hydrogen (secondary N) is 2. The highest BCUT2D eigenvalue weighted by Gasteiger charge is 2.20. The van der Waals surface area contributed by atoms with Gasteiger partial charge in [0.2, 0.25) is 10.0 Å². The lowest BCUT2D eigenvalue weighted by Crippen LogP contribution is -2.38. The second-order valence-electron chi connectivity index (χ2n) is 6.80. The van der Waals surface area contributed by atoms with Gasteiger partial charge < -0.3 is 15.4 Å². The molecule has 0 aromatic heterocycles. The highest BCUT2D eigenvalue weighted by molar-refractivity contribution is 7.89. The lowest BCUT2D eigenvalue weighted by atomic mass is 10.1. The summed E-state index contributed by atoms with van der Waals surface area (Å²) in [5.74, 6) is 1.49. The van der Waals surface area contributed by atoms with E-state index < -0.39 is 10.0 Å². The number of methoxy groups -OCH3 is 1. The molecule has 0 amide bonds. The van der Waals surface area contributed by atoms with Crippen molar-refractivity contribution in [3.8, 4) is 5.75 Å². The molecule has 2 rings (SSSR count). The molecule has 29 heavy (non-hydrogen) atoms. The minimum Gasteiger partial charge on any atom is -0.496 e. The van der Waals surface area contributed by atoms with E-state index in [-0.39, 0.29) is 0 Å². The van der Waals surface area contributed by atoms with Crippen molar-refractivity contribution in [2.75, 3.05) is 34.8 Å². The molecule has 0 bridgehead atoms. The van der Waals surface area contributed by atoms with Gasteiger partial charge in [-0.25, -0.2) is 12.7 Å². The van der Waals surface area contributed by atoms with Gasteiger partial charge in [0.05, 0.1) is 12.0 Å². The van der Waals surface area contributed by atoms with E-state index in [1.807, 2.05) is 25.1 Å². The molecule has 0 atom stereocenters. The first-order valence-corrected chi connectivity index (χ1v) is 10.8. The summed E-state index contributed by atoms with van der Waals surface area (Å²) in [5.41, 5.74) is 2.96. The van der Waals surface area contributed by atoms with E-state index in [1.54, 1.807) is 32.4 Å². The Morgan fingerprint density at radius 3 is 2.52 bits per heavy atom. The van der Waals surface area contributed by atoms with Gasteiger partial charge in [-0.2, -0.15) is 0 Å². The second kappa shape index (κ2) is 10.3. The standard InChI is InChI=1S/C21H30N4O3S/c1-16-10-11-17(14-19(16)28-5)12-13-23-21(22-2)24-15-18-8-6-7-9-20(18)29(26,27)25(3)4/h6-11,14H,12-13,15H2,1-5H3,(H2,22,23,24). The Balaban J connectivity index is 1.97. The van der Waals surface area contributed by atoms with Crippen molar-refractivity contribution in [2.24, 2.45) is 4.99 Å². The maximum absolute atomic E-state index is 12.5. The summed E-state index contributed by atoms with van der Waals surface area (Å²) < 4.78 is 31.6. The van der Waals surface area contributed by atoms with Gasteiger partial charge in [0, 0.05) is 34.2 Å². The van der Waals surface area contributed by atoms with Crippen molar-refractivity contribution < 1.29 is 13.2 Å². The zero-order chi connectivity index (χ0) is 21.4. The maximum Gasteiger partial charge on any atom is 0.242 e. The number of benzene rings is 2.